The Morgan fingerprint density at radius 3 is 2.12 bits per heavy atom. The molecule has 0 spiro atoms. The summed E-state index contributed by atoms with van der Waals surface area (Å²) in [5, 5.41) is 101. The second-order valence-corrected chi connectivity index (χ2v) is 10.3. The van der Waals surface area contributed by atoms with Gasteiger partial charge < -0.3 is 74.4 Å². The van der Waals surface area contributed by atoms with E-state index < -0.39 is 108 Å². The highest BCUT2D eigenvalue weighted by molar-refractivity contribution is 5.88. The van der Waals surface area contributed by atoms with E-state index in [2.05, 4.69) is 0 Å². The minimum Gasteiger partial charge on any atom is -0.507 e. The van der Waals surface area contributed by atoms with E-state index in [4.69, 9.17) is 23.4 Å². The first-order valence-electron chi connectivity index (χ1n) is 13.0. The molecule has 10 atom stereocenters. The smallest absolute Gasteiger partial charge is 0.238 e. The molecule has 2 saturated heterocycles. The van der Waals surface area contributed by atoms with Crippen LogP contribution in [0.2, 0.25) is 0 Å². The van der Waals surface area contributed by atoms with E-state index in [9.17, 15) is 55.9 Å². The molecule has 0 bridgehead atoms. The van der Waals surface area contributed by atoms with Crippen molar-refractivity contribution in [1.29, 1.82) is 0 Å². The van der Waals surface area contributed by atoms with Crippen molar-refractivity contribution >= 4 is 11.0 Å². The van der Waals surface area contributed by atoms with Gasteiger partial charge in [-0.1, -0.05) is 0 Å². The van der Waals surface area contributed by atoms with Crippen LogP contribution in [-0.4, -0.2) is 119 Å². The lowest BCUT2D eigenvalue weighted by atomic mass is 9.98. The maximum atomic E-state index is 12.8. The molecule has 2 aromatic carbocycles. The number of phenolic OH excluding ortho intramolecular Hbond substituents is 3. The van der Waals surface area contributed by atoms with Crippen LogP contribution in [0.15, 0.2) is 39.5 Å². The third-order valence-electron chi connectivity index (χ3n) is 7.32. The molecule has 43 heavy (non-hydrogen) atoms. The van der Waals surface area contributed by atoms with Crippen LogP contribution in [0.3, 0.4) is 0 Å². The van der Waals surface area contributed by atoms with Crippen LogP contribution in [0.5, 0.6) is 28.7 Å². The molecular weight excluding hydrogens is 580 g/mol. The van der Waals surface area contributed by atoms with E-state index in [-0.39, 0.29) is 16.9 Å². The molecule has 10 N–H and O–H groups in total. The standard InChI is InChI=1S/C27H30O16/c1-8-17(31)20(34)23(37)26(40-8)39-7-15-18(32)21(35)24(38)27(43-15)41-10-5-13(30)16-14(6-10)42-25(22(36)19(16)33)9-2-3-11(28)12(29)4-9/h2-6,8,15,17-18,20-21,23-24,26-32,34-38H,7H2,1H3/t8-,15+,17-,18+,20+,21-,23+,24+,26+,27+/m0/s1. The summed E-state index contributed by atoms with van der Waals surface area (Å²) in [6.45, 7) is 0.897. The molecule has 234 valence electrons. The second kappa shape index (κ2) is 11.8. The summed E-state index contributed by atoms with van der Waals surface area (Å²) in [5.74, 6) is -3.27. The topological polar surface area (TPSA) is 269 Å². The van der Waals surface area contributed by atoms with E-state index in [1.165, 1.54) is 13.0 Å². The predicted octanol–water partition coefficient (Wildman–Crippen LogP) is -1.69. The molecule has 2 fully saturated rings. The molecule has 2 aliphatic heterocycles. The van der Waals surface area contributed by atoms with Crippen molar-refractivity contribution in [2.45, 2.75) is 68.3 Å². The number of fused-ring (bicyclic) bond motifs is 1. The molecule has 0 amide bonds. The minimum absolute atomic E-state index is 0.00656. The number of hydrogen-bond acceptors (Lipinski definition) is 16. The van der Waals surface area contributed by atoms with Gasteiger partial charge in [-0.15, -0.1) is 0 Å². The van der Waals surface area contributed by atoms with Crippen molar-refractivity contribution < 1.29 is 74.4 Å². The van der Waals surface area contributed by atoms with Gasteiger partial charge in [0.2, 0.25) is 17.5 Å². The second-order valence-electron chi connectivity index (χ2n) is 10.3. The van der Waals surface area contributed by atoms with Crippen LogP contribution in [-0.2, 0) is 14.2 Å². The Balaban J connectivity index is 1.39. The van der Waals surface area contributed by atoms with Gasteiger partial charge in [-0.25, -0.2) is 0 Å². The lowest BCUT2D eigenvalue weighted by Crippen LogP contribution is -2.61. The van der Waals surface area contributed by atoms with Crippen molar-refractivity contribution in [3.8, 4) is 40.1 Å². The summed E-state index contributed by atoms with van der Waals surface area (Å²) in [6, 6.07) is 5.44. The Kier molecular flexibility index (Phi) is 8.41. The van der Waals surface area contributed by atoms with Crippen molar-refractivity contribution in [2.75, 3.05) is 6.61 Å². The van der Waals surface area contributed by atoms with Crippen molar-refractivity contribution in [2.24, 2.45) is 0 Å². The molecule has 3 heterocycles. The molecule has 3 aromatic rings. The molecule has 1 aromatic heterocycles. The summed E-state index contributed by atoms with van der Waals surface area (Å²) >= 11 is 0. The van der Waals surface area contributed by atoms with Gasteiger partial charge in [0.05, 0.1) is 12.7 Å². The van der Waals surface area contributed by atoms with Crippen LogP contribution >= 0.6 is 0 Å². The largest absolute Gasteiger partial charge is 0.507 e. The van der Waals surface area contributed by atoms with Crippen LogP contribution in [0.1, 0.15) is 6.92 Å². The Bertz CT molecular complexity index is 1540. The average Bonchev–Trinajstić information content (AvgIpc) is 2.97. The van der Waals surface area contributed by atoms with Crippen molar-refractivity contribution in [1.82, 2.24) is 0 Å². The Labute approximate surface area is 241 Å². The van der Waals surface area contributed by atoms with Gasteiger partial charge in [0, 0.05) is 17.7 Å². The van der Waals surface area contributed by atoms with Crippen molar-refractivity contribution in [3.05, 3.63) is 40.6 Å². The lowest BCUT2D eigenvalue weighted by Gasteiger charge is -2.42. The van der Waals surface area contributed by atoms with E-state index in [1.54, 1.807) is 0 Å². The quantitative estimate of drug-likeness (QED) is 0.140. The van der Waals surface area contributed by atoms with Gasteiger partial charge in [-0.2, -0.15) is 0 Å². The van der Waals surface area contributed by atoms with Crippen molar-refractivity contribution in [3.63, 3.8) is 0 Å². The highest BCUT2D eigenvalue weighted by Gasteiger charge is 2.47. The summed E-state index contributed by atoms with van der Waals surface area (Å²) in [6.07, 6.45) is -15.4. The van der Waals surface area contributed by atoms with Crippen LogP contribution in [0.25, 0.3) is 22.3 Å². The summed E-state index contributed by atoms with van der Waals surface area (Å²) in [7, 11) is 0. The van der Waals surface area contributed by atoms with Crippen LogP contribution < -0.4 is 10.2 Å². The number of aliphatic hydroxyl groups is 6. The normalized spacial score (nSPS) is 33.0. The van der Waals surface area contributed by atoms with Gasteiger partial charge in [0.1, 0.15) is 65.2 Å². The summed E-state index contributed by atoms with van der Waals surface area (Å²) < 4.78 is 27.6. The average molecular weight is 611 g/mol. The zero-order valence-electron chi connectivity index (χ0n) is 22.3. The molecule has 0 saturated carbocycles. The number of aliphatic hydroxyl groups excluding tert-OH is 6. The molecule has 5 rings (SSSR count). The fourth-order valence-corrected chi connectivity index (χ4v) is 4.82. The van der Waals surface area contributed by atoms with E-state index in [1.807, 2.05) is 0 Å². The maximum absolute atomic E-state index is 12.8. The molecule has 16 heteroatoms. The summed E-state index contributed by atoms with van der Waals surface area (Å²) in [4.78, 5) is 12.8. The minimum atomic E-state index is -1.83. The SMILES string of the molecule is C[C@@H]1O[C@@H](OC[C@H]2O[C@@H](Oc3cc(O)c4c(=O)c(O)c(-c5ccc(O)c(O)c5)oc4c3)[C@H](O)[C@@H](O)[C@@H]2O)[C@H](O)[C@H](O)[C@H]1O. The molecular formula is C27H30O16. The Morgan fingerprint density at radius 1 is 0.744 bits per heavy atom. The molecule has 2 aliphatic rings. The number of rotatable bonds is 6. The monoisotopic (exact) mass is 610 g/mol. The Hall–Kier alpha value is -3.71. The van der Waals surface area contributed by atoms with E-state index in [0.717, 1.165) is 24.3 Å². The lowest BCUT2D eigenvalue weighted by molar-refractivity contribution is -0.318. The molecule has 16 nitrogen and oxygen atoms in total. The third-order valence-corrected chi connectivity index (χ3v) is 7.32. The first kappa shape index (κ1) is 30.7. The number of ether oxygens (including phenoxy) is 4. The zero-order valence-corrected chi connectivity index (χ0v) is 22.3. The number of phenols is 3. The van der Waals surface area contributed by atoms with E-state index in [0.29, 0.717) is 0 Å². The fourth-order valence-electron chi connectivity index (χ4n) is 4.82. The number of hydrogen-bond donors (Lipinski definition) is 10. The highest BCUT2D eigenvalue weighted by Crippen LogP contribution is 2.38. The molecule has 0 unspecified atom stereocenters. The van der Waals surface area contributed by atoms with Gasteiger partial charge in [0.25, 0.3) is 0 Å². The number of benzene rings is 2. The zero-order chi connectivity index (χ0) is 31.3. The predicted molar refractivity (Wildman–Crippen MR) is 140 cm³/mol. The first-order valence-corrected chi connectivity index (χ1v) is 13.0. The van der Waals surface area contributed by atoms with Gasteiger partial charge in [0.15, 0.2) is 23.5 Å². The van der Waals surface area contributed by atoms with Crippen LogP contribution in [0, 0.1) is 0 Å². The third kappa shape index (κ3) is 5.67. The van der Waals surface area contributed by atoms with Gasteiger partial charge >= 0.3 is 0 Å². The Morgan fingerprint density at radius 2 is 1.42 bits per heavy atom. The van der Waals surface area contributed by atoms with E-state index >= 15 is 0 Å². The first-order chi connectivity index (χ1) is 20.3. The van der Waals surface area contributed by atoms with Crippen LogP contribution in [0.4, 0.5) is 0 Å². The maximum Gasteiger partial charge on any atom is 0.238 e. The molecule has 0 radical (unpaired) electrons. The number of aromatic hydroxyl groups is 4. The molecule has 0 aliphatic carbocycles. The fraction of sp³-hybridized carbons (Fsp3) is 0.444. The highest BCUT2D eigenvalue weighted by atomic mass is 16.7. The van der Waals surface area contributed by atoms with Gasteiger partial charge in [-0.3, -0.25) is 4.79 Å². The summed E-state index contributed by atoms with van der Waals surface area (Å²) in [5.41, 5.74) is -1.33. The van der Waals surface area contributed by atoms with Gasteiger partial charge in [-0.05, 0) is 25.1 Å².